The van der Waals surface area contributed by atoms with Crippen molar-refractivity contribution in [2.75, 3.05) is 20.8 Å². The molecule has 0 aliphatic heterocycles. The van der Waals surface area contributed by atoms with E-state index in [1.807, 2.05) is 30.3 Å². The Morgan fingerprint density at radius 1 is 1.00 bits per heavy atom. The predicted octanol–water partition coefficient (Wildman–Crippen LogP) is 3.18. The third kappa shape index (κ3) is 4.20. The minimum Gasteiger partial charge on any atom is -0.497 e. The maximum absolute atomic E-state index is 13.5. The van der Waals surface area contributed by atoms with Gasteiger partial charge in [0.1, 0.15) is 17.3 Å². The number of benzene rings is 2. The monoisotopic (exact) mass is 289 g/mol. The standard InChI is InChI=1S/C17H20FNO2/c1-20-15-8-7-14(17(11-15)21-2)12-19-10-9-13-5-3-4-6-16(13)18/h3-8,11,19H,9-10,12H2,1-2H3. The molecule has 0 aliphatic rings. The van der Waals surface area contributed by atoms with Crippen LogP contribution in [0.1, 0.15) is 11.1 Å². The quantitative estimate of drug-likeness (QED) is 0.794. The van der Waals surface area contributed by atoms with E-state index in [-0.39, 0.29) is 5.82 Å². The van der Waals surface area contributed by atoms with Gasteiger partial charge in [-0.1, -0.05) is 24.3 Å². The zero-order chi connectivity index (χ0) is 15.1. The average molecular weight is 289 g/mol. The van der Waals surface area contributed by atoms with Gasteiger partial charge >= 0.3 is 0 Å². The van der Waals surface area contributed by atoms with Crippen molar-refractivity contribution in [1.82, 2.24) is 5.32 Å². The van der Waals surface area contributed by atoms with Crippen molar-refractivity contribution < 1.29 is 13.9 Å². The van der Waals surface area contributed by atoms with E-state index in [9.17, 15) is 4.39 Å². The minimum absolute atomic E-state index is 0.152. The second kappa shape index (κ2) is 7.64. The van der Waals surface area contributed by atoms with Gasteiger partial charge in [-0.3, -0.25) is 0 Å². The van der Waals surface area contributed by atoms with Crippen LogP contribution in [0.4, 0.5) is 4.39 Å². The number of methoxy groups -OCH3 is 2. The van der Waals surface area contributed by atoms with Crippen LogP contribution in [0.15, 0.2) is 42.5 Å². The van der Waals surface area contributed by atoms with Crippen molar-refractivity contribution in [2.45, 2.75) is 13.0 Å². The highest BCUT2D eigenvalue weighted by Gasteiger charge is 2.05. The summed E-state index contributed by atoms with van der Waals surface area (Å²) in [6, 6.07) is 12.6. The highest BCUT2D eigenvalue weighted by molar-refractivity contribution is 5.40. The first-order chi connectivity index (χ1) is 10.2. The van der Waals surface area contributed by atoms with Gasteiger partial charge in [0.25, 0.3) is 0 Å². The molecule has 2 aromatic carbocycles. The molecule has 3 nitrogen and oxygen atoms in total. The van der Waals surface area contributed by atoms with E-state index in [1.165, 1.54) is 6.07 Å². The van der Waals surface area contributed by atoms with Gasteiger partial charge in [-0.25, -0.2) is 4.39 Å². The lowest BCUT2D eigenvalue weighted by Gasteiger charge is -2.11. The second-order valence-corrected chi connectivity index (χ2v) is 4.70. The van der Waals surface area contributed by atoms with Gasteiger partial charge in [-0.2, -0.15) is 0 Å². The van der Waals surface area contributed by atoms with E-state index in [0.29, 0.717) is 19.5 Å². The molecule has 21 heavy (non-hydrogen) atoms. The van der Waals surface area contributed by atoms with Gasteiger partial charge < -0.3 is 14.8 Å². The molecule has 0 radical (unpaired) electrons. The molecule has 0 heterocycles. The highest BCUT2D eigenvalue weighted by Crippen LogP contribution is 2.24. The Balaban J connectivity index is 1.87. The molecule has 0 atom stereocenters. The molecular formula is C17H20FNO2. The minimum atomic E-state index is -0.152. The van der Waals surface area contributed by atoms with E-state index in [1.54, 1.807) is 20.3 Å². The van der Waals surface area contributed by atoms with Crippen molar-refractivity contribution >= 4 is 0 Å². The first kappa shape index (κ1) is 15.3. The maximum Gasteiger partial charge on any atom is 0.127 e. The van der Waals surface area contributed by atoms with Crippen LogP contribution in [0, 0.1) is 5.82 Å². The largest absolute Gasteiger partial charge is 0.497 e. The van der Waals surface area contributed by atoms with Crippen LogP contribution in [-0.2, 0) is 13.0 Å². The van der Waals surface area contributed by atoms with Gasteiger partial charge in [0.15, 0.2) is 0 Å². The van der Waals surface area contributed by atoms with Crippen LogP contribution in [0.5, 0.6) is 11.5 Å². The fraction of sp³-hybridized carbons (Fsp3) is 0.294. The van der Waals surface area contributed by atoms with E-state index < -0.39 is 0 Å². The predicted molar refractivity (Wildman–Crippen MR) is 81.4 cm³/mol. The van der Waals surface area contributed by atoms with E-state index in [4.69, 9.17) is 9.47 Å². The molecule has 0 saturated heterocycles. The Labute approximate surface area is 124 Å². The Morgan fingerprint density at radius 2 is 1.81 bits per heavy atom. The van der Waals surface area contributed by atoms with E-state index in [2.05, 4.69) is 5.32 Å². The van der Waals surface area contributed by atoms with Crippen molar-refractivity contribution in [2.24, 2.45) is 0 Å². The van der Waals surface area contributed by atoms with E-state index in [0.717, 1.165) is 22.6 Å². The summed E-state index contributed by atoms with van der Waals surface area (Å²) >= 11 is 0. The molecule has 4 heteroatoms. The molecule has 0 bridgehead atoms. The maximum atomic E-state index is 13.5. The van der Waals surface area contributed by atoms with Crippen LogP contribution in [-0.4, -0.2) is 20.8 Å². The zero-order valence-corrected chi connectivity index (χ0v) is 12.4. The van der Waals surface area contributed by atoms with Crippen LogP contribution in [0.3, 0.4) is 0 Å². The van der Waals surface area contributed by atoms with Crippen molar-refractivity contribution in [3.63, 3.8) is 0 Å². The number of hydrogen-bond acceptors (Lipinski definition) is 3. The normalized spacial score (nSPS) is 10.4. The van der Waals surface area contributed by atoms with Gasteiger partial charge in [0.05, 0.1) is 14.2 Å². The van der Waals surface area contributed by atoms with Gasteiger partial charge in [-0.05, 0) is 30.7 Å². The molecular weight excluding hydrogens is 269 g/mol. The number of ether oxygens (including phenoxy) is 2. The van der Waals surface area contributed by atoms with Crippen LogP contribution in [0.25, 0.3) is 0 Å². The van der Waals surface area contributed by atoms with Gasteiger partial charge in [0.2, 0.25) is 0 Å². The molecule has 0 unspecified atom stereocenters. The molecule has 0 saturated carbocycles. The zero-order valence-electron chi connectivity index (χ0n) is 12.4. The molecule has 0 aliphatic carbocycles. The lowest BCUT2D eigenvalue weighted by Crippen LogP contribution is -2.17. The first-order valence-electron chi connectivity index (χ1n) is 6.89. The molecule has 112 valence electrons. The Morgan fingerprint density at radius 3 is 2.52 bits per heavy atom. The summed E-state index contributed by atoms with van der Waals surface area (Å²) in [7, 11) is 3.26. The smallest absolute Gasteiger partial charge is 0.127 e. The third-order valence-corrected chi connectivity index (χ3v) is 3.34. The van der Waals surface area contributed by atoms with Crippen LogP contribution < -0.4 is 14.8 Å². The van der Waals surface area contributed by atoms with Crippen LogP contribution >= 0.6 is 0 Å². The molecule has 0 aromatic heterocycles. The summed E-state index contributed by atoms with van der Waals surface area (Å²) in [5.74, 6) is 1.40. The Kier molecular flexibility index (Phi) is 5.58. The fourth-order valence-electron chi connectivity index (χ4n) is 2.15. The Bertz CT molecular complexity index is 587. The lowest BCUT2D eigenvalue weighted by atomic mass is 10.1. The van der Waals surface area contributed by atoms with Gasteiger partial charge in [-0.15, -0.1) is 0 Å². The van der Waals surface area contributed by atoms with Crippen molar-refractivity contribution in [3.05, 3.63) is 59.4 Å². The summed E-state index contributed by atoms with van der Waals surface area (Å²) in [6.45, 7) is 1.37. The van der Waals surface area contributed by atoms with Crippen LogP contribution in [0.2, 0.25) is 0 Å². The topological polar surface area (TPSA) is 30.5 Å². The molecule has 2 aromatic rings. The van der Waals surface area contributed by atoms with E-state index >= 15 is 0 Å². The number of halogens is 1. The molecule has 0 spiro atoms. The number of rotatable bonds is 7. The van der Waals surface area contributed by atoms with Gasteiger partial charge in [0, 0.05) is 18.2 Å². The SMILES string of the molecule is COc1ccc(CNCCc2ccccc2F)c(OC)c1. The molecule has 1 N–H and O–H groups in total. The molecule has 0 fully saturated rings. The summed E-state index contributed by atoms with van der Waals surface area (Å²) in [6.07, 6.45) is 0.658. The summed E-state index contributed by atoms with van der Waals surface area (Å²) in [4.78, 5) is 0. The average Bonchev–Trinajstić information content (AvgIpc) is 2.53. The Hall–Kier alpha value is -2.07. The second-order valence-electron chi connectivity index (χ2n) is 4.70. The fourth-order valence-corrected chi connectivity index (χ4v) is 2.15. The van der Waals surface area contributed by atoms with Crippen molar-refractivity contribution in [3.8, 4) is 11.5 Å². The third-order valence-electron chi connectivity index (χ3n) is 3.34. The molecule has 0 amide bonds. The summed E-state index contributed by atoms with van der Waals surface area (Å²) < 4.78 is 24.0. The number of nitrogens with one attached hydrogen (secondary N) is 1. The van der Waals surface area contributed by atoms with Crippen molar-refractivity contribution in [1.29, 1.82) is 0 Å². The number of hydrogen-bond donors (Lipinski definition) is 1. The summed E-state index contributed by atoms with van der Waals surface area (Å²) in [5.41, 5.74) is 1.78. The summed E-state index contributed by atoms with van der Waals surface area (Å²) in [5, 5.41) is 3.30. The first-order valence-corrected chi connectivity index (χ1v) is 6.89. The molecule has 2 rings (SSSR count). The highest BCUT2D eigenvalue weighted by atomic mass is 19.1. The lowest BCUT2D eigenvalue weighted by molar-refractivity contribution is 0.390.